The first kappa shape index (κ1) is 17.0. The van der Waals surface area contributed by atoms with Crippen molar-refractivity contribution in [1.82, 2.24) is 0 Å². The van der Waals surface area contributed by atoms with E-state index < -0.39 is 0 Å². The average Bonchev–Trinajstić information content (AvgIpc) is 2.45. The lowest BCUT2D eigenvalue weighted by Gasteiger charge is -2.07. The Labute approximate surface area is 159 Å². The van der Waals surface area contributed by atoms with Crippen molar-refractivity contribution in [3.8, 4) is 11.1 Å². The third-order valence-corrected chi connectivity index (χ3v) is 4.94. The molecule has 0 heterocycles. The van der Waals surface area contributed by atoms with Crippen molar-refractivity contribution in [3.63, 3.8) is 0 Å². The molecular formula is C18H10Cl4S. The predicted molar refractivity (Wildman–Crippen MR) is 102 cm³/mol. The molecule has 116 valence electrons. The normalized spacial score (nSPS) is 10.8. The molecule has 0 unspecified atom stereocenters. The molecule has 0 aliphatic heterocycles. The third-order valence-electron chi connectivity index (χ3n) is 3.10. The van der Waals surface area contributed by atoms with E-state index in [1.807, 2.05) is 42.5 Å². The summed E-state index contributed by atoms with van der Waals surface area (Å²) in [5, 5.41) is 2.48. The monoisotopic (exact) mass is 398 g/mol. The predicted octanol–water partition coefficient (Wildman–Crippen LogP) is 8.12. The Morgan fingerprint density at radius 1 is 0.522 bits per heavy atom. The van der Waals surface area contributed by atoms with Gasteiger partial charge in [0.1, 0.15) is 0 Å². The lowest BCUT2D eigenvalue weighted by atomic mass is 10.1. The van der Waals surface area contributed by atoms with E-state index >= 15 is 0 Å². The minimum Gasteiger partial charge on any atom is -0.0900 e. The van der Waals surface area contributed by atoms with Crippen molar-refractivity contribution in [3.05, 3.63) is 80.8 Å². The summed E-state index contributed by atoms with van der Waals surface area (Å²) in [6.45, 7) is 0. The first-order valence-corrected chi connectivity index (χ1v) is 9.03. The second kappa shape index (κ2) is 7.38. The van der Waals surface area contributed by atoms with Gasteiger partial charge in [-0.3, -0.25) is 0 Å². The molecule has 0 aliphatic rings. The highest BCUT2D eigenvalue weighted by atomic mass is 35.5. The Bertz CT molecular complexity index is 821. The van der Waals surface area contributed by atoms with Crippen LogP contribution < -0.4 is 0 Å². The van der Waals surface area contributed by atoms with E-state index in [2.05, 4.69) is 6.07 Å². The summed E-state index contributed by atoms with van der Waals surface area (Å²) in [7, 11) is 0. The molecule has 0 aliphatic carbocycles. The van der Waals surface area contributed by atoms with Gasteiger partial charge in [-0.15, -0.1) is 0 Å². The van der Waals surface area contributed by atoms with Crippen LogP contribution in [0.5, 0.6) is 0 Å². The van der Waals surface area contributed by atoms with Gasteiger partial charge in [0.2, 0.25) is 0 Å². The zero-order chi connectivity index (χ0) is 16.4. The molecule has 3 aromatic carbocycles. The molecule has 23 heavy (non-hydrogen) atoms. The minimum atomic E-state index is 0.618. The first-order chi connectivity index (χ1) is 11.0. The molecule has 0 atom stereocenters. The Kier molecular flexibility index (Phi) is 5.45. The smallest absolute Gasteiger partial charge is 0.0432 e. The quantitative estimate of drug-likeness (QED) is 0.428. The molecule has 5 heteroatoms. The number of hydrogen-bond acceptors (Lipinski definition) is 1. The van der Waals surface area contributed by atoms with Gasteiger partial charge in [-0.05, 0) is 59.7 Å². The van der Waals surface area contributed by atoms with Crippen LogP contribution in [-0.2, 0) is 0 Å². The van der Waals surface area contributed by atoms with Crippen LogP contribution in [0.1, 0.15) is 0 Å². The van der Waals surface area contributed by atoms with E-state index in [0.29, 0.717) is 20.1 Å². The molecule has 3 rings (SSSR count). The van der Waals surface area contributed by atoms with Crippen molar-refractivity contribution in [2.45, 2.75) is 9.79 Å². The maximum atomic E-state index is 6.09. The number of benzene rings is 3. The van der Waals surface area contributed by atoms with Crippen LogP contribution >= 0.6 is 58.2 Å². The fourth-order valence-electron chi connectivity index (χ4n) is 2.18. The van der Waals surface area contributed by atoms with Gasteiger partial charge in [0.25, 0.3) is 0 Å². The van der Waals surface area contributed by atoms with E-state index in [1.54, 1.807) is 23.9 Å². The zero-order valence-corrected chi connectivity index (χ0v) is 15.5. The Balaban J connectivity index is 1.93. The van der Waals surface area contributed by atoms with Crippen LogP contribution in [0.4, 0.5) is 0 Å². The first-order valence-electron chi connectivity index (χ1n) is 6.70. The molecule has 0 saturated heterocycles. The van der Waals surface area contributed by atoms with Crippen LogP contribution in [0.3, 0.4) is 0 Å². The Morgan fingerprint density at radius 2 is 1.09 bits per heavy atom. The second-order valence-corrected chi connectivity index (χ2v) is 7.79. The molecule has 0 spiro atoms. The summed E-state index contributed by atoms with van der Waals surface area (Å²) >= 11 is 25.9. The van der Waals surface area contributed by atoms with Crippen LogP contribution in [-0.4, -0.2) is 0 Å². The number of rotatable bonds is 3. The van der Waals surface area contributed by atoms with E-state index in [9.17, 15) is 0 Å². The fourth-order valence-corrected chi connectivity index (χ4v) is 4.34. The van der Waals surface area contributed by atoms with E-state index in [4.69, 9.17) is 46.4 Å². The van der Waals surface area contributed by atoms with Gasteiger partial charge < -0.3 is 0 Å². The molecule has 0 aromatic heterocycles. The largest absolute Gasteiger partial charge is 0.0900 e. The lowest BCUT2D eigenvalue weighted by molar-refractivity contribution is 1.40. The van der Waals surface area contributed by atoms with E-state index in [-0.39, 0.29) is 0 Å². The molecular weight excluding hydrogens is 390 g/mol. The van der Waals surface area contributed by atoms with Crippen molar-refractivity contribution in [1.29, 1.82) is 0 Å². The van der Waals surface area contributed by atoms with Crippen LogP contribution in [0, 0.1) is 0 Å². The second-order valence-electron chi connectivity index (χ2n) is 4.89. The van der Waals surface area contributed by atoms with Crippen molar-refractivity contribution < 1.29 is 0 Å². The average molecular weight is 400 g/mol. The summed E-state index contributed by atoms with van der Waals surface area (Å²) in [4.78, 5) is 2.07. The van der Waals surface area contributed by atoms with Gasteiger partial charge in [0.15, 0.2) is 0 Å². The SMILES string of the molecule is Clc1cc(Cl)cc(Sc2cccc(-c3cc(Cl)cc(Cl)c3)c2)c1. The highest BCUT2D eigenvalue weighted by molar-refractivity contribution is 7.99. The van der Waals surface area contributed by atoms with Gasteiger partial charge in [-0.25, -0.2) is 0 Å². The van der Waals surface area contributed by atoms with Crippen molar-refractivity contribution in [2.24, 2.45) is 0 Å². The molecule has 0 saturated carbocycles. The van der Waals surface area contributed by atoms with Gasteiger partial charge in [0.05, 0.1) is 0 Å². The standard InChI is InChI=1S/C18H10Cl4S/c19-13-4-12(5-14(20)7-13)11-2-1-3-17(6-11)23-18-9-15(21)8-16(22)10-18/h1-10H. The number of hydrogen-bond donors (Lipinski definition) is 0. The lowest BCUT2D eigenvalue weighted by Crippen LogP contribution is -1.81. The van der Waals surface area contributed by atoms with Crippen LogP contribution in [0.15, 0.2) is 70.5 Å². The maximum Gasteiger partial charge on any atom is 0.0432 e. The van der Waals surface area contributed by atoms with E-state index in [0.717, 1.165) is 20.9 Å². The summed E-state index contributed by atoms with van der Waals surface area (Å²) in [6, 6.07) is 19.2. The molecule has 0 N–H and O–H groups in total. The highest BCUT2D eigenvalue weighted by Gasteiger charge is 2.05. The Morgan fingerprint density at radius 3 is 1.70 bits per heavy atom. The minimum absolute atomic E-state index is 0.618. The molecule has 0 amide bonds. The summed E-state index contributed by atoms with van der Waals surface area (Å²) in [5.41, 5.74) is 2.03. The third kappa shape index (κ3) is 4.59. The molecule has 0 nitrogen and oxygen atoms in total. The molecule has 0 fully saturated rings. The topological polar surface area (TPSA) is 0 Å². The Hall–Kier alpha value is -0.830. The summed E-state index contributed by atoms with van der Waals surface area (Å²) < 4.78 is 0. The number of halogens is 4. The molecule has 0 radical (unpaired) electrons. The fraction of sp³-hybridized carbons (Fsp3) is 0. The van der Waals surface area contributed by atoms with Gasteiger partial charge in [0, 0.05) is 29.9 Å². The van der Waals surface area contributed by atoms with Crippen LogP contribution in [0.2, 0.25) is 20.1 Å². The van der Waals surface area contributed by atoms with Crippen molar-refractivity contribution >= 4 is 58.2 Å². The van der Waals surface area contributed by atoms with Gasteiger partial charge in [-0.1, -0.05) is 70.3 Å². The summed E-state index contributed by atoms with van der Waals surface area (Å²) in [5.74, 6) is 0. The summed E-state index contributed by atoms with van der Waals surface area (Å²) in [6.07, 6.45) is 0. The van der Waals surface area contributed by atoms with Gasteiger partial charge >= 0.3 is 0 Å². The van der Waals surface area contributed by atoms with Gasteiger partial charge in [-0.2, -0.15) is 0 Å². The van der Waals surface area contributed by atoms with Crippen molar-refractivity contribution in [2.75, 3.05) is 0 Å². The molecule has 0 bridgehead atoms. The maximum absolute atomic E-state index is 6.09. The van der Waals surface area contributed by atoms with E-state index in [1.165, 1.54) is 0 Å². The highest BCUT2D eigenvalue weighted by Crippen LogP contribution is 2.35. The zero-order valence-electron chi connectivity index (χ0n) is 11.7. The molecule has 3 aromatic rings. The van der Waals surface area contributed by atoms with Crippen LogP contribution in [0.25, 0.3) is 11.1 Å².